The van der Waals surface area contributed by atoms with Crippen molar-refractivity contribution in [1.29, 1.82) is 0 Å². The normalized spacial score (nSPS) is 17.9. The predicted molar refractivity (Wildman–Crippen MR) is 132 cm³/mol. The fourth-order valence-corrected chi connectivity index (χ4v) is 4.05. The molecule has 0 spiro atoms. The minimum Gasteiger partial charge on any atom is -0.378 e. The summed E-state index contributed by atoms with van der Waals surface area (Å²) in [5, 5.41) is 5.46. The van der Waals surface area contributed by atoms with Crippen LogP contribution in [0.25, 0.3) is 22.3 Å². The van der Waals surface area contributed by atoms with Crippen LogP contribution in [0.15, 0.2) is 30.6 Å². The number of rotatable bonds is 3. The summed E-state index contributed by atoms with van der Waals surface area (Å²) in [6.07, 6.45) is 12.5. The largest absolute Gasteiger partial charge is 0.378 e. The number of hydrogen-bond acceptors (Lipinski definition) is 7. The van der Waals surface area contributed by atoms with Crippen LogP contribution in [-0.4, -0.2) is 59.7 Å². The standard InChI is InChI=1S/C22H23N5O2.C2H6.CH5N/c1-2-16-15-19(26-10-13-28-14-11-26)25-21-17(16)6-8-23-22(21)18-7-9-24-27(18)20-5-3-4-12-29-20;2*1-2/h1,6-9,15,20H,3-5,10-14H2;1-2H3;2H2,1H3. The first-order valence-corrected chi connectivity index (χ1v) is 11.7. The monoisotopic (exact) mass is 450 g/mol. The van der Waals surface area contributed by atoms with Gasteiger partial charge in [-0.25, -0.2) is 9.67 Å². The molecule has 2 saturated heterocycles. The van der Waals surface area contributed by atoms with E-state index in [0.29, 0.717) is 13.2 Å². The van der Waals surface area contributed by atoms with Gasteiger partial charge in [0.1, 0.15) is 17.0 Å². The number of aromatic nitrogens is 4. The van der Waals surface area contributed by atoms with Crippen LogP contribution in [0.1, 0.15) is 44.9 Å². The fourth-order valence-electron chi connectivity index (χ4n) is 4.05. The van der Waals surface area contributed by atoms with Crippen LogP contribution in [0.3, 0.4) is 0 Å². The molecule has 0 radical (unpaired) electrons. The zero-order valence-electron chi connectivity index (χ0n) is 19.8. The van der Waals surface area contributed by atoms with Gasteiger partial charge in [-0.3, -0.25) is 4.98 Å². The summed E-state index contributed by atoms with van der Waals surface area (Å²) in [7, 11) is 1.50. The van der Waals surface area contributed by atoms with Gasteiger partial charge in [0.05, 0.1) is 18.9 Å². The van der Waals surface area contributed by atoms with Crippen molar-refractivity contribution in [3.63, 3.8) is 0 Å². The van der Waals surface area contributed by atoms with Crippen molar-refractivity contribution in [2.24, 2.45) is 5.73 Å². The van der Waals surface area contributed by atoms with E-state index >= 15 is 0 Å². The van der Waals surface area contributed by atoms with Crippen LogP contribution in [0, 0.1) is 12.3 Å². The molecule has 0 saturated carbocycles. The van der Waals surface area contributed by atoms with E-state index in [4.69, 9.17) is 20.9 Å². The van der Waals surface area contributed by atoms with Gasteiger partial charge in [-0.1, -0.05) is 19.8 Å². The summed E-state index contributed by atoms with van der Waals surface area (Å²) >= 11 is 0. The summed E-state index contributed by atoms with van der Waals surface area (Å²) < 4.78 is 13.4. The molecule has 3 aromatic rings. The van der Waals surface area contributed by atoms with Crippen molar-refractivity contribution in [2.45, 2.75) is 39.3 Å². The molecular weight excluding hydrogens is 416 g/mol. The van der Waals surface area contributed by atoms with E-state index in [1.807, 2.05) is 36.7 Å². The van der Waals surface area contributed by atoms with Gasteiger partial charge in [0.25, 0.3) is 0 Å². The summed E-state index contributed by atoms with van der Waals surface area (Å²) in [6, 6.07) is 5.89. The van der Waals surface area contributed by atoms with Gasteiger partial charge in [0, 0.05) is 43.0 Å². The number of morpholine rings is 1. The lowest BCUT2D eigenvalue weighted by molar-refractivity contribution is -0.0383. The lowest BCUT2D eigenvalue weighted by Crippen LogP contribution is -2.36. The third-order valence-electron chi connectivity index (χ3n) is 5.55. The molecule has 2 aliphatic heterocycles. The van der Waals surface area contributed by atoms with E-state index < -0.39 is 0 Å². The summed E-state index contributed by atoms with van der Waals surface area (Å²) in [6.45, 7) is 7.74. The minimum atomic E-state index is -0.0691. The molecule has 33 heavy (non-hydrogen) atoms. The van der Waals surface area contributed by atoms with Crippen LogP contribution in [0.4, 0.5) is 5.82 Å². The predicted octanol–water partition coefficient (Wildman–Crippen LogP) is 3.61. The number of hydrogen-bond donors (Lipinski definition) is 1. The number of ether oxygens (including phenoxy) is 2. The first kappa shape index (κ1) is 24.6. The lowest BCUT2D eigenvalue weighted by atomic mass is 10.1. The van der Waals surface area contributed by atoms with E-state index in [2.05, 4.69) is 26.6 Å². The molecule has 2 fully saturated rings. The third-order valence-corrected chi connectivity index (χ3v) is 5.55. The molecule has 0 aliphatic carbocycles. The Morgan fingerprint density at radius 3 is 2.58 bits per heavy atom. The fraction of sp³-hybridized carbons (Fsp3) is 0.480. The van der Waals surface area contributed by atoms with Gasteiger partial charge in [0.2, 0.25) is 0 Å². The number of terminal acetylenes is 1. The maximum atomic E-state index is 5.96. The zero-order valence-corrected chi connectivity index (χ0v) is 19.8. The van der Waals surface area contributed by atoms with Gasteiger partial charge in [0.15, 0.2) is 6.23 Å². The quantitative estimate of drug-likeness (QED) is 0.610. The highest BCUT2D eigenvalue weighted by molar-refractivity contribution is 5.95. The highest BCUT2D eigenvalue weighted by Gasteiger charge is 2.23. The second-order valence-corrected chi connectivity index (χ2v) is 7.31. The molecule has 3 aromatic heterocycles. The van der Waals surface area contributed by atoms with E-state index in [9.17, 15) is 0 Å². The molecule has 0 aromatic carbocycles. The highest BCUT2D eigenvalue weighted by Crippen LogP contribution is 2.32. The Bertz CT molecular complexity index is 1060. The maximum Gasteiger partial charge on any atom is 0.150 e. The Kier molecular flexibility index (Phi) is 9.19. The van der Waals surface area contributed by atoms with Crippen LogP contribution in [0.2, 0.25) is 0 Å². The highest BCUT2D eigenvalue weighted by atomic mass is 16.5. The van der Waals surface area contributed by atoms with E-state index in [1.54, 1.807) is 12.4 Å². The molecule has 1 unspecified atom stereocenters. The zero-order chi connectivity index (χ0) is 23.6. The van der Waals surface area contributed by atoms with Crippen molar-refractivity contribution in [1.82, 2.24) is 19.7 Å². The van der Waals surface area contributed by atoms with E-state index in [-0.39, 0.29) is 6.23 Å². The van der Waals surface area contributed by atoms with Crippen LogP contribution in [0.5, 0.6) is 0 Å². The number of fused-ring (bicyclic) bond motifs is 1. The topological polar surface area (TPSA) is 91.3 Å². The third kappa shape index (κ3) is 5.33. The van der Waals surface area contributed by atoms with Crippen molar-refractivity contribution < 1.29 is 9.47 Å². The first-order valence-electron chi connectivity index (χ1n) is 11.7. The Morgan fingerprint density at radius 2 is 1.88 bits per heavy atom. The van der Waals surface area contributed by atoms with Crippen molar-refractivity contribution >= 4 is 16.7 Å². The van der Waals surface area contributed by atoms with Gasteiger partial charge < -0.3 is 20.1 Å². The second-order valence-electron chi connectivity index (χ2n) is 7.31. The lowest BCUT2D eigenvalue weighted by Gasteiger charge is -2.28. The molecule has 2 aliphatic rings. The Morgan fingerprint density at radius 1 is 1.09 bits per heavy atom. The molecule has 0 amide bonds. The number of pyridine rings is 2. The molecule has 5 heterocycles. The number of anilines is 1. The van der Waals surface area contributed by atoms with Crippen LogP contribution < -0.4 is 10.6 Å². The molecule has 8 nitrogen and oxygen atoms in total. The van der Waals surface area contributed by atoms with E-state index in [0.717, 1.165) is 72.6 Å². The average Bonchev–Trinajstić information content (AvgIpc) is 3.41. The SMILES string of the molecule is C#Cc1cc(N2CCOCC2)nc2c(-c3ccnn3C3CCCCO3)nccc12.CC.CN. The Labute approximate surface area is 196 Å². The van der Waals surface area contributed by atoms with Gasteiger partial charge in [-0.15, -0.1) is 6.42 Å². The van der Waals surface area contributed by atoms with E-state index in [1.165, 1.54) is 7.05 Å². The van der Waals surface area contributed by atoms with Gasteiger partial charge in [-0.2, -0.15) is 5.10 Å². The summed E-state index contributed by atoms with van der Waals surface area (Å²) in [5.41, 5.74) is 7.79. The maximum absolute atomic E-state index is 5.96. The van der Waals surface area contributed by atoms with Gasteiger partial charge in [-0.05, 0) is 44.5 Å². The van der Waals surface area contributed by atoms with Crippen molar-refractivity contribution in [3.8, 4) is 23.7 Å². The van der Waals surface area contributed by atoms with Crippen molar-refractivity contribution in [2.75, 3.05) is 44.9 Å². The van der Waals surface area contributed by atoms with Crippen LogP contribution >= 0.6 is 0 Å². The van der Waals surface area contributed by atoms with Crippen molar-refractivity contribution in [3.05, 3.63) is 36.2 Å². The first-order chi connectivity index (χ1) is 16.3. The molecular formula is C25H34N6O2. The molecule has 0 bridgehead atoms. The average molecular weight is 451 g/mol. The smallest absolute Gasteiger partial charge is 0.150 e. The Balaban J connectivity index is 0.000000728. The minimum absolute atomic E-state index is 0.0691. The second kappa shape index (κ2) is 12.3. The summed E-state index contributed by atoms with van der Waals surface area (Å²) in [5.74, 6) is 3.69. The molecule has 176 valence electrons. The number of nitrogens with two attached hydrogens (primary N) is 1. The summed E-state index contributed by atoms with van der Waals surface area (Å²) in [4.78, 5) is 11.9. The molecule has 1 atom stereocenters. The van der Waals surface area contributed by atoms with Gasteiger partial charge >= 0.3 is 0 Å². The molecule has 8 heteroatoms. The molecule has 5 rings (SSSR count). The molecule has 2 N–H and O–H groups in total. The number of nitrogens with zero attached hydrogens (tertiary/aromatic N) is 5. The Hall–Kier alpha value is -2.99. The van der Waals surface area contributed by atoms with Crippen LogP contribution in [-0.2, 0) is 9.47 Å².